The van der Waals surface area contributed by atoms with Crippen LogP contribution in [0.4, 0.5) is 10.1 Å². The number of halogens is 1. The Labute approximate surface area is 215 Å². The van der Waals surface area contributed by atoms with Crippen LogP contribution in [0.25, 0.3) is 0 Å². The Kier molecular flexibility index (Phi) is 7.90. The number of hydrogen-bond acceptors (Lipinski definition) is 3. The average Bonchev–Trinajstić information content (AvgIpc) is 2.77. The lowest BCUT2D eigenvalue weighted by molar-refractivity contribution is 0.444. The minimum absolute atomic E-state index is 0.0876. The van der Waals surface area contributed by atoms with E-state index in [0.29, 0.717) is 33.4 Å². The third-order valence-corrected chi connectivity index (χ3v) is 7.46. The molecule has 0 fully saturated rings. The van der Waals surface area contributed by atoms with Gasteiger partial charge in [0, 0.05) is 22.6 Å². The van der Waals surface area contributed by atoms with E-state index >= 15 is 0 Å². The Balaban J connectivity index is 2.09. The van der Waals surface area contributed by atoms with Crippen LogP contribution in [-0.2, 0) is 10.8 Å². The van der Waals surface area contributed by atoms with Gasteiger partial charge in [0.05, 0.1) is 0 Å². The summed E-state index contributed by atoms with van der Waals surface area (Å²) in [5, 5.41) is 12.0. The minimum atomic E-state index is -0.322. The number of phenolic OH excluding ortho intramolecular Hbond substituents is 1. The average molecular weight is 507 g/mol. The van der Waals surface area contributed by atoms with Gasteiger partial charge in [0.1, 0.15) is 38.7 Å². The van der Waals surface area contributed by atoms with E-state index in [0.717, 1.165) is 22.1 Å². The highest BCUT2D eigenvalue weighted by atomic mass is 31.0. The van der Waals surface area contributed by atoms with Gasteiger partial charge in [-0.05, 0) is 39.9 Å². The highest BCUT2D eigenvalue weighted by Gasteiger charge is 2.24. The van der Waals surface area contributed by atoms with Gasteiger partial charge in [0.15, 0.2) is 5.75 Å². The van der Waals surface area contributed by atoms with E-state index in [1.807, 2.05) is 46.0 Å². The molecule has 8 heteroatoms. The Morgan fingerprint density at radius 3 is 2.17 bits per heavy atom. The quantitative estimate of drug-likeness (QED) is 0.335. The first-order chi connectivity index (χ1) is 16.1. The van der Waals surface area contributed by atoms with Gasteiger partial charge in [-0.25, -0.2) is 4.39 Å². The van der Waals surface area contributed by atoms with Crippen molar-refractivity contribution in [3.05, 3.63) is 58.9 Å². The number of aliphatic imine (C=N–C) groups is 1. The summed E-state index contributed by atoms with van der Waals surface area (Å²) < 4.78 is 21.0. The highest BCUT2D eigenvalue weighted by Crippen LogP contribution is 2.38. The van der Waals surface area contributed by atoms with E-state index in [1.165, 1.54) is 0 Å². The first-order valence-corrected chi connectivity index (χ1v) is 12.8. The van der Waals surface area contributed by atoms with Crippen LogP contribution in [0.3, 0.4) is 0 Å². The van der Waals surface area contributed by atoms with E-state index in [4.69, 9.17) is 4.74 Å². The maximum atomic E-state index is 14.7. The van der Waals surface area contributed by atoms with Crippen molar-refractivity contribution >= 4 is 67.6 Å². The lowest BCUT2D eigenvalue weighted by Gasteiger charge is -2.27. The van der Waals surface area contributed by atoms with Gasteiger partial charge in [-0.1, -0.05) is 79.9 Å². The largest absolute Gasteiger partial charge is 0.507 e. The second-order valence-corrected chi connectivity index (χ2v) is 12.2. The Bertz CT molecular complexity index is 1280. The van der Waals surface area contributed by atoms with Crippen molar-refractivity contribution in [1.82, 2.24) is 0 Å². The summed E-state index contributed by atoms with van der Waals surface area (Å²) in [6.45, 7) is 12.7. The molecule has 0 saturated heterocycles. The zero-order chi connectivity index (χ0) is 26.3. The molecule has 0 amide bonds. The van der Waals surface area contributed by atoms with E-state index in [9.17, 15) is 9.50 Å². The number of hydrogen-bond donors (Lipinski definition) is 1. The number of ether oxygens (including phenoxy) is 1. The van der Waals surface area contributed by atoms with Gasteiger partial charge in [0.25, 0.3) is 0 Å². The molecule has 0 radical (unpaired) electrons. The molecule has 0 bridgehead atoms. The predicted molar refractivity (Wildman–Crippen MR) is 161 cm³/mol. The van der Waals surface area contributed by atoms with E-state index in [-0.39, 0.29) is 22.4 Å². The van der Waals surface area contributed by atoms with Gasteiger partial charge >= 0.3 is 0 Å². The fourth-order valence-corrected chi connectivity index (χ4v) is 4.74. The molecule has 0 aliphatic carbocycles. The summed E-state index contributed by atoms with van der Waals surface area (Å²) in [6.07, 6.45) is 1.67. The van der Waals surface area contributed by atoms with Crippen LogP contribution in [0.1, 0.15) is 58.2 Å². The second-order valence-electron chi connectivity index (χ2n) is 11.0. The van der Waals surface area contributed by atoms with Crippen LogP contribution in [0.2, 0.25) is 0 Å². The molecular weight excluding hydrogens is 473 g/mol. The van der Waals surface area contributed by atoms with E-state index in [1.54, 1.807) is 6.21 Å². The monoisotopic (exact) mass is 507 g/mol. The van der Waals surface area contributed by atoms with Crippen molar-refractivity contribution < 1.29 is 14.2 Å². The molecule has 0 aromatic heterocycles. The van der Waals surface area contributed by atoms with Crippen molar-refractivity contribution in [2.24, 2.45) is 4.99 Å². The Morgan fingerprint density at radius 1 is 0.943 bits per heavy atom. The van der Waals surface area contributed by atoms with Crippen LogP contribution in [0.15, 0.2) is 41.4 Å². The van der Waals surface area contributed by atoms with Crippen LogP contribution < -0.4 is 26.3 Å². The smallest absolute Gasteiger partial charge is 0.153 e. The van der Waals surface area contributed by atoms with Crippen LogP contribution in [0, 0.1) is 5.82 Å². The Morgan fingerprint density at radius 2 is 1.57 bits per heavy atom. The number of phenols is 1. The molecule has 1 N–H and O–H groups in total. The number of nitrogens with zero attached hydrogens (tertiary/aromatic N) is 1. The number of aromatic hydroxyl groups is 1. The molecule has 0 saturated carbocycles. The molecule has 182 valence electrons. The molecule has 3 aromatic rings. The van der Waals surface area contributed by atoms with Gasteiger partial charge in [-0.15, -0.1) is 9.24 Å². The molecular formula is C27H34B2FNO2P2. The van der Waals surface area contributed by atoms with Crippen LogP contribution in [0.5, 0.6) is 17.2 Å². The number of benzene rings is 3. The maximum absolute atomic E-state index is 14.7. The molecule has 35 heavy (non-hydrogen) atoms. The lowest BCUT2D eigenvalue weighted by Crippen LogP contribution is -2.41. The highest BCUT2D eigenvalue weighted by molar-refractivity contribution is 7.30. The van der Waals surface area contributed by atoms with Gasteiger partial charge in [0.2, 0.25) is 0 Å². The van der Waals surface area contributed by atoms with Gasteiger partial charge in [-0.3, -0.25) is 4.99 Å². The van der Waals surface area contributed by atoms with Crippen molar-refractivity contribution in [3.8, 4) is 17.2 Å². The summed E-state index contributed by atoms with van der Waals surface area (Å²) in [6, 6.07) is 11.4. The van der Waals surface area contributed by atoms with Crippen LogP contribution in [-0.4, -0.2) is 27.0 Å². The normalized spacial score (nSPS) is 12.4. The summed E-state index contributed by atoms with van der Waals surface area (Å²) in [5.74, 6) is 0.877. The third-order valence-electron chi connectivity index (χ3n) is 6.26. The van der Waals surface area contributed by atoms with E-state index in [2.05, 4.69) is 71.1 Å². The van der Waals surface area contributed by atoms with E-state index < -0.39 is 0 Å². The summed E-state index contributed by atoms with van der Waals surface area (Å²) in [7, 11) is 8.70. The fourth-order valence-electron chi connectivity index (χ4n) is 3.77. The van der Waals surface area contributed by atoms with Gasteiger partial charge < -0.3 is 9.84 Å². The molecule has 2 unspecified atom stereocenters. The van der Waals surface area contributed by atoms with Crippen molar-refractivity contribution in [2.75, 3.05) is 0 Å². The molecule has 0 aliphatic rings. The molecule has 3 nitrogen and oxygen atoms in total. The van der Waals surface area contributed by atoms with Crippen molar-refractivity contribution in [3.63, 3.8) is 0 Å². The minimum Gasteiger partial charge on any atom is -0.507 e. The zero-order valence-corrected chi connectivity index (χ0v) is 24.2. The Hall–Kier alpha value is -2.15. The molecule has 3 aromatic carbocycles. The number of rotatable bonds is 4. The van der Waals surface area contributed by atoms with Gasteiger partial charge in [-0.2, -0.15) is 0 Å². The maximum Gasteiger partial charge on any atom is 0.153 e. The summed E-state index contributed by atoms with van der Waals surface area (Å²) >= 11 is 0. The first kappa shape index (κ1) is 27.4. The zero-order valence-electron chi connectivity index (χ0n) is 21.9. The first-order valence-electron chi connectivity index (χ1n) is 11.7. The fraction of sp³-hybridized carbons (Fsp3) is 0.296. The molecule has 3 rings (SSSR count). The summed E-state index contributed by atoms with van der Waals surface area (Å²) in [5.41, 5.74) is 4.61. The molecule has 2 atom stereocenters. The third kappa shape index (κ3) is 5.82. The molecule has 0 heterocycles. The second kappa shape index (κ2) is 10.1. The molecule has 0 spiro atoms. The van der Waals surface area contributed by atoms with Crippen LogP contribution >= 0.6 is 18.5 Å². The molecule has 0 aliphatic heterocycles. The SMILES string of the molecule is Bc1c(B)c(Oc2ccccc2/N=C/c2cc(C(C)(C)C)cc(C(C)(C)C)c2O)c(P)c(F)c1P. The van der Waals surface area contributed by atoms with Crippen molar-refractivity contribution in [1.29, 1.82) is 0 Å². The predicted octanol–water partition coefficient (Wildman–Crippen LogP) is 3.19. The number of para-hydroxylation sites is 2. The topological polar surface area (TPSA) is 41.8 Å². The standard InChI is InChI=1S/C27H34B2FNO2P2/c1-26(2,3)15-11-14(22(32)16(12-15)27(4,5)6)13-31-17-9-7-8-10-18(17)33-23-19(28)20(29)24(34)21(30)25(23)35/h7-13,32H,28-29,34-35H2,1-6H3/b31-13+. The summed E-state index contributed by atoms with van der Waals surface area (Å²) in [4.78, 5) is 4.69. The van der Waals surface area contributed by atoms with Crippen molar-refractivity contribution in [2.45, 2.75) is 52.4 Å². The lowest BCUT2D eigenvalue weighted by atomic mass is 9.79.